The molecule has 340 valence electrons. The maximum atomic E-state index is 14.8. The van der Waals surface area contributed by atoms with E-state index in [4.69, 9.17) is 0 Å². The summed E-state index contributed by atoms with van der Waals surface area (Å²) in [4.78, 5) is 82.7. The van der Waals surface area contributed by atoms with Crippen LogP contribution in [0.2, 0.25) is 0 Å². The molecule has 0 fully saturated rings. The van der Waals surface area contributed by atoms with E-state index in [1.807, 2.05) is 30.3 Å². The second-order valence-corrected chi connectivity index (χ2v) is 17.1. The van der Waals surface area contributed by atoms with Gasteiger partial charge < -0.3 is 36.8 Å². The van der Waals surface area contributed by atoms with Crippen molar-refractivity contribution in [2.75, 3.05) is 5.32 Å². The summed E-state index contributed by atoms with van der Waals surface area (Å²) in [5.41, 5.74) is 6.12. The van der Waals surface area contributed by atoms with Gasteiger partial charge in [-0.05, 0) is 75.5 Å². The van der Waals surface area contributed by atoms with Gasteiger partial charge in [0.15, 0.2) is 0 Å². The van der Waals surface area contributed by atoms with Crippen molar-refractivity contribution in [3.8, 4) is 17.2 Å². The van der Waals surface area contributed by atoms with Gasteiger partial charge in [-0.15, -0.1) is 0 Å². The lowest BCUT2D eigenvalue weighted by Gasteiger charge is -2.29. The lowest BCUT2D eigenvalue weighted by Crippen LogP contribution is -2.59. The number of benzene rings is 5. The molecule has 6 unspecified atom stereocenters. The monoisotopic (exact) mass is 890 g/mol. The van der Waals surface area contributed by atoms with Gasteiger partial charge >= 0.3 is 5.97 Å². The molecule has 0 saturated heterocycles. The number of carboxylic acid groups (broad SMARTS) is 1. The highest BCUT2D eigenvalue weighted by Crippen LogP contribution is 2.26. The van der Waals surface area contributed by atoms with Crippen molar-refractivity contribution in [3.63, 3.8) is 0 Å². The van der Waals surface area contributed by atoms with E-state index in [-0.39, 0.29) is 24.9 Å². The van der Waals surface area contributed by atoms with Crippen molar-refractivity contribution in [1.82, 2.24) is 21.3 Å². The van der Waals surface area contributed by atoms with Gasteiger partial charge in [0.2, 0.25) is 23.6 Å². The van der Waals surface area contributed by atoms with Gasteiger partial charge in [-0.1, -0.05) is 124 Å². The zero-order valence-electron chi connectivity index (χ0n) is 37.0. The minimum atomic E-state index is -1.83. The molecule has 14 nitrogen and oxygen atoms in total. The third-order valence-corrected chi connectivity index (χ3v) is 11.5. The third kappa shape index (κ3) is 13.2. The molecule has 6 atom stereocenters. The van der Waals surface area contributed by atoms with Gasteiger partial charge in [0.1, 0.15) is 30.3 Å². The van der Waals surface area contributed by atoms with Crippen LogP contribution in [0.5, 0.6) is 0 Å². The summed E-state index contributed by atoms with van der Waals surface area (Å²) in [7, 11) is 0. The summed E-state index contributed by atoms with van der Waals surface area (Å²) in [5.74, 6) is -5.65. The Bertz CT molecular complexity index is 2540. The molecule has 5 aromatic carbocycles. The third-order valence-electron chi connectivity index (χ3n) is 11.5. The van der Waals surface area contributed by atoms with E-state index in [9.17, 15) is 44.2 Å². The summed E-state index contributed by atoms with van der Waals surface area (Å²) in [6.45, 7) is 6.07. The Morgan fingerprint density at radius 3 is 1.79 bits per heavy atom. The number of anilines is 1. The maximum Gasteiger partial charge on any atom is 0.326 e. The number of nitrogens with zero attached hydrogens (tertiary/aromatic N) is 1. The first kappa shape index (κ1) is 47.8. The summed E-state index contributed by atoms with van der Waals surface area (Å²) < 4.78 is 0. The maximum absolute atomic E-state index is 14.8. The number of aliphatic hydroxyl groups excluding tert-OH is 1. The Labute approximate surface area is 383 Å². The first-order chi connectivity index (χ1) is 31.6. The molecule has 2 aliphatic rings. The molecule has 5 aromatic rings. The number of nitriles is 1. The summed E-state index contributed by atoms with van der Waals surface area (Å²) in [6.07, 6.45) is -1.89. The fraction of sp³-hybridized carbons (Fsp3) is 0.288. The van der Waals surface area contributed by atoms with E-state index in [1.54, 1.807) is 73.7 Å². The average Bonchev–Trinajstić information content (AvgIpc) is 3.30. The largest absolute Gasteiger partial charge is 0.480 e. The molecule has 0 aromatic heterocycles. The van der Waals surface area contributed by atoms with Gasteiger partial charge in [-0.2, -0.15) is 5.26 Å². The molecule has 66 heavy (non-hydrogen) atoms. The van der Waals surface area contributed by atoms with Crippen molar-refractivity contribution in [2.45, 2.75) is 89.1 Å². The normalized spacial score (nSPS) is 20.4. The molecule has 2 aliphatic heterocycles. The van der Waals surface area contributed by atoms with Crippen molar-refractivity contribution >= 4 is 41.2 Å². The van der Waals surface area contributed by atoms with Crippen LogP contribution >= 0.6 is 0 Å². The topological polar surface area (TPSA) is 227 Å². The van der Waals surface area contributed by atoms with Crippen LogP contribution in [0.3, 0.4) is 0 Å². The van der Waals surface area contributed by atoms with Gasteiger partial charge in [-0.25, -0.2) is 4.79 Å². The molecule has 14 heteroatoms. The molecule has 0 aliphatic carbocycles. The number of fused-ring (bicyclic) bond motifs is 18. The Morgan fingerprint density at radius 2 is 1.20 bits per heavy atom. The number of amides is 5. The summed E-state index contributed by atoms with van der Waals surface area (Å²) in [6, 6.07) is 33.7. The van der Waals surface area contributed by atoms with Crippen LogP contribution < -0.4 is 26.6 Å². The van der Waals surface area contributed by atoms with Crippen molar-refractivity contribution in [3.05, 3.63) is 161 Å². The van der Waals surface area contributed by atoms with Crippen molar-refractivity contribution < 1.29 is 39.0 Å². The number of carbonyl (C=O) groups excluding carboxylic acids is 5. The van der Waals surface area contributed by atoms with Gasteiger partial charge in [0.25, 0.3) is 5.91 Å². The highest BCUT2D eigenvalue weighted by molar-refractivity contribution is 5.98. The number of rotatable bonds is 10. The molecule has 0 radical (unpaired) electrons. The Kier molecular flexibility index (Phi) is 16.2. The average molecular weight is 891 g/mol. The SMILES string of the molecule is CC(C)Cc1ccc(-c2ccc(C(C)C3NC(=O)C(Cc4ccc(C#N)cc4)NC(=O)CC(O)C(=O)Nc4ccc(cc4)CC(C(=O)O)NC(=O)C(Cc4ccccc4)NC3=O)cc2)cc1. The van der Waals surface area contributed by atoms with E-state index in [2.05, 4.69) is 64.7 Å². The molecule has 5 amide bonds. The molecule has 2 heterocycles. The first-order valence-electron chi connectivity index (χ1n) is 21.9. The number of carboxylic acids is 1. The molecular weight excluding hydrogens is 837 g/mol. The number of aliphatic hydroxyl groups is 1. The van der Waals surface area contributed by atoms with E-state index in [0.29, 0.717) is 33.7 Å². The van der Waals surface area contributed by atoms with Crippen LogP contribution in [-0.4, -0.2) is 76.0 Å². The summed E-state index contributed by atoms with van der Waals surface area (Å²) >= 11 is 0. The quantitative estimate of drug-likeness (QED) is 0.0938. The molecule has 7 rings (SSSR count). The molecular formula is C52H54N6O8. The fourth-order valence-corrected chi connectivity index (χ4v) is 7.81. The van der Waals surface area contributed by atoms with Crippen molar-refractivity contribution in [1.29, 1.82) is 5.26 Å². The van der Waals surface area contributed by atoms with Crippen LogP contribution in [0.1, 0.15) is 66.5 Å². The zero-order chi connectivity index (χ0) is 47.3. The van der Waals surface area contributed by atoms with Gasteiger partial charge in [-0.3, -0.25) is 24.0 Å². The Balaban J connectivity index is 1.38. The van der Waals surface area contributed by atoms with E-state index in [1.165, 1.54) is 17.7 Å². The number of nitrogens with one attached hydrogen (secondary N) is 5. The van der Waals surface area contributed by atoms with Crippen LogP contribution in [0.25, 0.3) is 11.1 Å². The number of hydrogen-bond acceptors (Lipinski definition) is 8. The number of carbonyl (C=O) groups is 6. The lowest BCUT2D eigenvalue weighted by atomic mass is 9.90. The van der Waals surface area contributed by atoms with Crippen LogP contribution in [0, 0.1) is 17.2 Å². The number of hydrogen-bond donors (Lipinski definition) is 7. The minimum absolute atomic E-state index is 0.0292. The second kappa shape index (κ2) is 22.3. The van der Waals surface area contributed by atoms with E-state index in [0.717, 1.165) is 17.5 Å². The minimum Gasteiger partial charge on any atom is -0.480 e. The van der Waals surface area contributed by atoms with Crippen LogP contribution in [0.4, 0.5) is 5.69 Å². The smallest absolute Gasteiger partial charge is 0.326 e. The number of aliphatic carboxylic acids is 1. The standard InChI is InChI=1S/C52H54N6O8/c1-31(2)25-34-13-17-39(18-14-34)40-21-19-38(20-22-40)32(3)47-51(64)56-43(26-33-7-5-4-6-8-33)48(61)57-44(52(65)66)28-36-15-23-41(24-16-36)54-50(63)45(59)29-46(60)55-42(49(62)58-47)27-35-9-11-37(30-53)12-10-35/h4-24,31-32,42-45,47,59H,25-29H2,1-3H3,(H,54,63)(H,55,60)(H,56,64)(H,57,61)(H,58,62)(H,65,66). The first-order valence-corrected chi connectivity index (χ1v) is 21.9. The highest BCUT2D eigenvalue weighted by atomic mass is 16.4. The van der Waals surface area contributed by atoms with Crippen molar-refractivity contribution in [2.24, 2.45) is 5.92 Å². The predicted molar refractivity (Wildman–Crippen MR) is 249 cm³/mol. The Morgan fingerprint density at radius 1 is 0.636 bits per heavy atom. The van der Waals surface area contributed by atoms with Crippen LogP contribution in [-0.2, 0) is 54.5 Å². The Hall–Kier alpha value is -7.63. The molecule has 7 N–H and O–H groups in total. The fourth-order valence-electron chi connectivity index (χ4n) is 7.81. The van der Waals surface area contributed by atoms with E-state index >= 15 is 0 Å². The van der Waals surface area contributed by atoms with E-state index < -0.39 is 78.1 Å². The highest BCUT2D eigenvalue weighted by Gasteiger charge is 2.35. The van der Waals surface area contributed by atoms with Crippen LogP contribution in [0.15, 0.2) is 127 Å². The second-order valence-electron chi connectivity index (χ2n) is 17.1. The summed E-state index contributed by atoms with van der Waals surface area (Å²) in [5, 5.41) is 43.8. The molecule has 0 spiro atoms. The zero-order valence-corrected chi connectivity index (χ0v) is 37.0. The molecule has 0 saturated carbocycles. The lowest BCUT2D eigenvalue weighted by molar-refractivity contribution is -0.142. The van der Waals surface area contributed by atoms with Gasteiger partial charge in [0.05, 0.1) is 18.1 Å². The van der Waals surface area contributed by atoms with Gasteiger partial charge in [0, 0.05) is 30.9 Å². The predicted octanol–water partition coefficient (Wildman–Crippen LogP) is 4.98. The molecule has 2 bridgehead atoms.